The van der Waals surface area contributed by atoms with Crippen LogP contribution >= 0.6 is 0 Å². The van der Waals surface area contributed by atoms with Gasteiger partial charge in [0.25, 0.3) is 0 Å². The van der Waals surface area contributed by atoms with Crippen LogP contribution in [0.4, 0.5) is 5.69 Å². The third-order valence-corrected chi connectivity index (χ3v) is 3.81. The van der Waals surface area contributed by atoms with Crippen molar-refractivity contribution in [1.82, 2.24) is 4.98 Å². The van der Waals surface area contributed by atoms with Crippen LogP contribution in [-0.4, -0.2) is 16.4 Å². The van der Waals surface area contributed by atoms with E-state index in [0.717, 1.165) is 29.4 Å². The van der Waals surface area contributed by atoms with E-state index in [1.54, 1.807) is 6.20 Å². The summed E-state index contributed by atoms with van der Waals surface area (Å²) >= 11 is 0. The topological polar surface area (TPSA) is 68.0 Å². The van der Waals surface area contributed by atoms with Crippen molar-refractivity contribution in [1.29, 1.82) is 0 Å². The molecule has 1 atom stereocenters. The third kappa shape index (κ3) is 2.19. The number of aromatic nitrogens is 1. The summed E-state index contributed by atoms with van der Waals surface area (Å²) in [6.07, 6.45) is 3.82. The van der Waals surface area contributed by atoms with Crippen LogP contribution in [0.2, 0.25) is 0 Å². The summed E-state index contributed by atoms with van der Waals surface area (Å²) < 4.78 is 0. The largest absolute Gasteiger partial charge is 0.324 e. The molecule has 1 heterocycles. The van der Waals surface area contributed by atoms with E-state index in [0.29, 0.717) is 5.92 Å². The van der Waals surface area contributed by atoms with E-state index in [1.165, 1.54) is 0 Å². The molecular formula is C15H17N3O. The Morgan fingerprint density at radius 3 is 2.89 bits per heavy atom. The van der Waals surface area contributed by atoms with Crippen molar-refractivity contribution >= 4 is 22.5 Å². The second-order valence-electron chi connectivity index (χ2n) is 5.39. The number of benzene rings is 1. The highest BCUT2D eigenvalue weighted by Gasteiger charge is 2.44. The van der Waals surface area contributed by atoms with Crippen LogP contribution in [0.15, 0.2) is 36.5 Å². The number of carbonyl (C=O) groups excluding carboxylic acids is 1. The summed E-state index contributed by atoms with van der Waals surface area (Å²) in [5, 5.41) is 3.88. The normalized spacial score (nSPS) is 18.0. The SMILES string of the molecule is CC(N)(C(=O)Nc1cccc2ncccc12)C1CC1. The number of hydrogen-bond acceptors (Lipinski definition) is 3. The van der Waals surface area contributed by atoms with Crippen molar-refractivity contribution in [2.24, 2.45) is 11.7 Å². The lowest BCUT2D eigenvalue weighted by Gasteiger charge is -2.23. The van der Waals surface area contributed by atoms with Gasteiger partial charge in [-0.1, -0.05) is 6.07 Å². The highest BCUT2D eigenvalue weighted by Crippen LogP contribution is 2.38. The van der Waals surface area contributed by atoms with Crippen molar-refractivity contribution < 1.29 is 4.79 Å². The maximum Gasteiger partial charge on any atom is 0.244 e. The Morgan fingerprint density at radius 1 is 1.37 bits per heavy atom. The van der Waals surface area contributed by atoms with E-state index in [1.807, 2.05) is 37.3 Å². The van der Waals surface area contributed by atoms with Gasteiger partial charge in [-0.15, -0.1) is 0 Å². The van der Waals surface area contributed by atoms with Gasteiger partial charge in [0.05, 0.1) is 16.7 Å². The lowest BCUT2D eigenvalue weighted by molar-refractivity contribution is -0.121. The average Bonchev–Trinajstić information content (AvgIpc) is 3.23. The predicted octanol–water partition coefficient (Wildman–Crippen LogP) is 2.30. The maximum atomic E-state index is 12.3. The average molecular weight is 255 g/mol. The van der Waals surface area contributed by atoms with Gasteiger partial charge in [0.1, 0.15) is 0 Å². The van der Waals surface area contributed by atoms with Crippen LogP contribution in [0.25, 0.3) is 10.9 Å². The minimum atomic E-state index is -0.787. The molecule has 0 aliphatic heterocycles. The van der Waals surface area contributed by atoms with E-state index in [9.17, 15) is 4.79 Å². The van der Waals surface area contributed by atoms with E-state index < -0.39 is 5.54 Å². The number of carbonyl (C=O) groups is 1. The van der Waals surface area contributed by atoms with Gasteiger partial charge in [0, 0.05) is 11.6 Å². The summed E-state index contributed by atoms with van der Waals surface area (Å²) in [5.74, 6) is 0.187. The Bertz CT molecular complexity index is 627. The fourth-order valence-corrected chi connectivity index (χ4v) is 2.34. The Kier molecular flexibility index (Phi) is 2.75. The molecule has 1 aromatic heterocycles. The standard InChI is InChI=1S/C15H17N3O/c1-15(16,10-7-8-10)14(19)18-13-6-2-5-12-11(13)4-3-9-17-12/h2-6,9-10H,7-8,16H2,1H3,(H,18,19). The first-order chi connectivity index (χ1) is 9.09. The number of nitrogens with zero attached hydrogens (tertiary/aromatic N) is 1. The monoisotopic (exact) mass is 255 g/mol. The minimum absolute atomic E-state index is 0.119. The van der Waals surface area contributed by atoms with Gasteiger partial charge < -0.3 is 11.1 Å². The van der Waals surface area contributed by atoms with Crippen molar-refractivity contribution in [2.75, 3.05) is 5.32 Å². The zero-order chi connectivity index (χ0) is 13.5. The Morgan fingerprint density at radius 2 is 2.16 bits per heavy atom. The van der Waals surface area contributed by atoms with Gasteiger partial charge in [0.15, 0.2) is 0 Å². The van der Waals surface area contributed by atoms with Crippen LogP contribution in [0.5, 0.6) is 0 Å². The van der Waals surface area contributed by atoms with Crippen LogP contribution in [0.3, 0.4) is 0 Å². The third-order valence-electron chi connectivity index (χ3n) is 3.81. The zero-order valence-electron chi connectivity index (χ0n) is 10.9. The number of nitrogens with two attached hydrogens (primary N) is 1. The number of fused-ring (bicyclic) bond motifs is 1. The molecule has 1 unspecified atom stereocenters. The maximum absolute atomic E-state index is 12.3. The Labute approximate surface area is 112 Å². The summed E-state index contributed by atoms with van der Waals surface area (Å²) in [4.78, 5) is 16.6. The molecule has 98 valence electrons. The van der Waals surface area contributed by atoms with E-state index in [-0.39, 0.29) is 5.91 Å². The van der Waals surface area contributed by atoms with Crippen LogP contribution in [0, 0.1) is 5.92 Å². The van der Waals surface area contributed by atoms with Gasteiger partial charge in [0.2, 0.25) is 5.91 Å². The van der Waals surface area contributed by atoms with E-state index >= 15 is 0 Å². The van der Waals surface area contributed by atoms with E-state index in [4.69, 9.17) is 5.73 Å². The molecular weight excluding hydrogens is 238 g/mol. The zero-order valence-corrected chi connectivity index (χ0v) is 10.9. The number of amides is 1. The smallest absolute Gasteiger partial charge is 0.244 e. The second kappa shape index (κ2) is 4.31. The number of nitrogens with one attached hydrogen (secondary N) is 1. The highest BCUT2D eigenvalue weighted by molar-refractivity contribution is 6.04. The molecule has 1 amide bonds. The summed E-state index contributed by atoms with van der Waals surface area (Å²) in [7, 11) is 0. The molecule has 4 nitrogen and oxygen atoms in total. The molecule has 0 saturated heterocycles. The predicted molar refractivity (Wildman–Crippen MR) is 75.7 cm³/mol. The first-order valence-corrected chi connectivity index (χ1v) is 6.53. The number of hydrogen-bond donors (Lipinski definition) is 2. The minimum Gasteiger partial charge on any atom is -0.324 e. The van der Waals surface area contributed by atoms with Gasteiger partial charge in [-0.25, -0.2) is 0 Å². The van der Waals surface area contributed by atoms with Crippen LogP contribution in [-0.2, 0) is 4.79 Å². The van der Waals surface area contributed by atoms with Crippen LogP contribution in [0.1, 0.15) is 19.8 Å². The summed E-state index contributed by atoms with van der Waals surface area (Å²) in [6, 6.07) is 9.50. The van der Waals surface area contributed by atoms with Crippen molar-refractivity contribution in [3.05, 3.63) is 36.5 Å². The number of anilines is 1. The molecule has 3 N–H and O–H groups in total. The summed E-state index contributed by atoms with van der Waals surface area (Å²) in [5.41, 5.74) is 6.98. The first kappa shape index (κ1) is 12.1. The fraction of sp³-hybridized carbons (Fsp3) is 0.333. The lowest BCUT2D eigenvalue weighted by Crippen LogP contribution is -2.50. The molecule has 0 radical (unpaired) electrons. The molecule has 2 aromatic rings. The summed E-state index contributed by atoms with van der Waals surface area (Å²) in [6.45, 7) is 1.81. The van der Waals surface area contributed by atoms with Crippen molar-refractivity contribution in [3.63, 3.8) is 0 Å². The molecule has 0 bridgehead atoms. The van der Waals surface area contributed by atoms with Crippen molar-refractivity contribution in [3.8, 4) is 0 Å². The molecule has 1 saturated carbocycles. The molecule has 1 aliphatic carbocycles. The molecule has 4 heteroatoms. The molecule has 0 spiro atoms. The number of rotatable bonds is 3. The quantitative estimate of drug-likeness (QED) is 0.884. The van der Waals surface area contributed by atoms with Crippen LogP contribution < -0.4 is 11.1 Å². The van der Waals surface area contributed by atoms with Crippen molar-refractivity contribution in [2.45, 2.75) is 25.3 Å². The van der Waals surface area contributed by atoms with Gasteiger partial charge in [-0.05, 0) is 49.9 Å². The van der Waals surface area contributed by atoms with Gasteiger partial charge in [-0.2, -0.15) is 0 Å². The number of pyridine rings is 1. The van der Waals surface area contributed by atoms with E-state index in [2.05, 4.69) is 10.3 Å². The Balaban J connectivity index is 1.91. The molecule has 1 fully saturated rings. The first-order valence-electron chi connectivity index (χ1n) is 6.53. The Hall–Kier alpha value is -1.94. The molecule has 1 aromatic carbocycles. The highest BCUT2D eigenvalue weighted by atomic mass is 16.2. The lowest BCUT2D eigenvalue weighted by atomic mass is 9.96. The fourth-order valence-electron chi connectivity index (χ4n) is 2.34. The molecule has 3 rings (SSSR count). The van der Waals surface area contributed by atoms with Gasteiger partial charge >= 0.3 is 0 Å². The van der Waals surface area contributed by atoms with Gasteiger partial charge in [-0.3, -0.25) is 9.78 Å². The molecule has 19 heavy (non-hydrogen) atoms. The second-order valence-corrected chi connectivity index (χ2v) is 5.39. The molecule has 1 aliphatic rings.